The van der Waals surface area contributed by atoms with E-state index in [2.05, 4.69) is 15.6 Å². The number of hydrogen-bond donors (Lipinski definition) is 5. The van der Waals surface area contributed by atoms with Crippen LogP contribution < -0.4 is 16.4 Å². The van der Waals surface area contributed by atoms with Crippen molar-refractivity contribution in [3.05, 3.63) is 88.2 Å². The number of anilines is 2. The maximum Gasteiger partial charge on any atom is 0.499 e. The minimum absolute atomic E-state index is 0.00947. The lowest BCUT2D eigenvalue weighted by molar-refractivity contribution is -0.0433. The molecule has 4 rings (SSSR count). The molecular formula is C28H29ClF3N5O5S. The number of hydrogen-bond acceptors (Lipinski definition) is 8. The Balaban J connectivity index is 1.46. The molecule has 2 aromatic heterocycles. The van der Waals surface area contributed by atoms with E-state index >= 15 is 0 Å². The predicted molar refractivity (Wildman–Crippen MR) is 158 cm³/mol. The number of alkyl halides is 3. The first kappa shape index (κ1) is 32.1. The number of aromatic carboxylic acids is 1. The standard InChI is InChI=1S/C28H29ClF3N5O5S/c1-16(34-13-25(38)20-10-22(29)26(33)35-12-20)7-17-5-6-23-19(8-17)11-24(27(39)40)37(23)14-18-3-2-4-21(9-18)36-15-43(41,42)28(30,31)32/h2-6,8-12,16,25,34,36,38H,7,13-15H2,1H3,(H2,33,35)(H,39,40). The van der Waals surface area contributed by atoms with E-state index in [9.17, 15) is 36.6 Å². The van der Waals surface area contributed by atoms with Crippen LogP contribution in [-0.2, 0) is 22.8 Å². The van der Waals surface area contributed by atoms with Gasteiger partial charge in [0.2, 0.25) is 0 Å². The van der Waals surface area contributed by atoms with Crippen molar-refractivity contribution in [3.63, 3.8) is 0 Å². The number of carbonyl (C=O) groups is 1. The third-order valence-electron chi connectivity index (χ3n) is 6.75. The summed E-state index contributed by atoms with van der Waals surface area (Å²) >= 11 is 5.99. The molecule has 0 fully saturated rings. The monoisotopic (exact) mass is 639 g/mol. The Kier molecular flexibility index (Phi) is 9.54. The fraction of sp³-hybridized carbons (Fsp3) is 0.286. The van der Waals surface area contributed by atoms with Gasteiger partial charge < -0.3 is 31.1 Å². The first-order valence-electron chi connectivity index (χ1n) is 12.9. The Bertz CT molecular complexity index is 1750. The van der Waals surface area contributed by atoms with Crippen molar-refractivity contribution in [2.45, 2.75) is 37.5 Å². The van der Waals surface area contributed by atoms with Gasteiger partial charge in [-0.05, 0) is 60.9 Å². The molecule has 15 heteroatoms. The van der Waals surface area contributed by atoms with Crippen molar-refractivity contribution in [3.8, 4) is 0 Å². The highest BCUT2D eigenvalue weighted by Crippen LogP contribution is 2.27. The van der Waals surface area contributed by atoms with E-state index in [4.69, 9.17) is 17.3 Å². The fourth-order valence-electron chi connectivity index (χ4n) is 4.52. The zero-order valence-corrected chi connectivity index (χ0v) is 24.3. The van der Waals surface area contributed by atoms with Crippen molar-refractivity contribution >= 4 is 49.8 Å². The molecule has 43 heavy (non-hydrogen) atoms. The van der Waals surface area contributed by atoms with Crippen molar-refractivity contribution in [2.24, 2.45) is 0 Å². The van der Waals surface area contributed by atoms with Gasteiger partial charge in [0.1, 0.15) is 17.4 Å². The van der Waals surface area contributed by atoms with Crippen LogP contribution in [0.4, 0.5) is 24.7 Å². The summed E-state index contributed by atoms with van der Waals surface area (Å²) in [5.41, 5.74) is 3.01. The van der Waals surface area contributed by atoms with E-state index in [0.29, 0.717) is 28.5 Å². The third kappa shape index (κ3) is 7.76. The molecule has 0 amide bonds. The Morgan fingerprint density at radius 3 is 2.56 bits per heavy atom. The smallest absolute Gasteiger partial charge is 0.477 e. The van der Waals surface area contributed by atoms with Crippen molar-refractivity contribution in [1.29, 1.82) is 0 Å². The molecule has 2 aromatic carbocycles. The van der Waals surface area contributed by atoms with Crippen LogP contribution in [0.15, 0.2) is 60.8 Å². The number of sulfone groups is 1. The van der Waals surface area contributed by atoms with Crippen LogP contribution in [0, 0.1) is 0 Å². The highest BCUT2D eigenvalue weighted by molar-refractivity contribution is 7.92. The number of carboxylic acids is 1. The molecule has 0 aliphatic heterocycles. The van der Waals surface area contributed by atoms with Crippen molar-refractivity contribution in [1.82, 2.24) is 14.9 Å². The van der Waals surface area contributed by atoms with Crippen LogP contribution in [0.25, 0.3) is 10.9 Å². The van der Waals surface area contributed by atoms with Crippen LogP contribution in [0.1, 0.15) is 40.2 Å². The number of carboxylic acid groups (broad SMARTS) is 1. The molecule has 0 spiro atoms. The number of nitrogens with one attached hydrogen (secondary N) is 2. The summed E-state index contributed by atoms with van der Waals surface area (Å²) in [7, 11) is -5.36. The molecule has 0 saturated carbocycles. The number of pyridine rings is 1. The Morgan fingerprint density at radius 1 is 1.14 bits per heavy atom. The highest BCUT2D eigenvalue weighted by atomic mass is 35.5. The number of fused-ring (bicyclic) bond motifs is 1. The molecule has 2 atom stereocenters. The van der Waals surface area contributed by atoms with E-state index in [1.54, 1.807) is 28.8 Å². The average molecular weight is 640 g/mol. The number of nitrogens with two attached hydrogens (primary N) is 1. The Morgan fingerprint density at radius 2 is 1.88 bits per heavy atom. The first-order valence-corrected chi connectivity index (χ1v) is 15.0. The second-order valence-electron chi connectivity index (χ2n) is 10.1. The van der Waals surface area contributed by atoms with Crippen molar-refractivity contribution in [2.75, 3.05) is 23.5 Å². The molecule has 2 unspecified atom stereocenters. The number of aromatic nitrogens is 2. The highest BCUT2D eigenvalue weighted by Gasteiger charge is 2.45. The summed E-state index contributed by atoms with van der Waals surface area (Å²) in [6.45, 7) is 2.26. The van der Waals surface area contributed by atoms with Gasteiger partial charge in [0, 0.05) is 47.5 Å². The van der Waals surface area contributed by atoms with Gasteiger partial charge in [-0.3, -0.25) is 0 Å². The molecule has 230 valence electrons. The summed E-state index contributed by atoms with van der Waals surface area (Å²) in [5, 5.41) is 26.8. The van der Waals surface area contributed by atoms with Crippen LogP contribution in [0.5, 0.6) is 0 Å². The molecule has 10 nitrogen and oxygen atoms in total. The predicted octanol–water partition coefficient (Wildman–Crippen LogP) is 4.58. The molecule has 6 N–H and O–H groups in total. The topological polar surface area (TPSA) is 160 Å². The van der Waals surface area contributed by atoms with Crippen LogP contribution in [0.2, 0.25) is 5.02 Å². The fourth-order valence-corrected chi connectivity index (χ4v) is 5.21. The molecule has 0 bridgehead atoms. The number of halogens is 4. The van der Waals surface area contributed by atoms with Gasteiger partial charge in [0.25, 0.3) is 9.84 Å². The normalized spacial score (nSPS) is 13.6. The Hall–Kier alpha value is -3.85. The minimum atomic E-state index is -5.38. The zero-order chi connectivity index (χ0) is 31.5. The molecule has 0 saturated heterocycles. The SMILES string of the molecule is CC(Cc1ccc2c(c1)cc(C(=O)O)n2Cc1cccc(NCS(=O)(=O)C(F)(F)F)c1)NCC(O)c1cnc(N)c(Cl)c1. The number of nitrogen functional groups attached to an aromatic ring is 1. The number of benzene rings is 2. The second kappa shape index (κ2) is 12.8. The van der Waals surface area contributed by atoms with Crippen LogP contribution in [-0.4, -0.2) is 58.1 Å². The van der Waals surface area contributed by atoms with E-state index in [1.807, 2.05) is 19.1 Å². The molecule has 4 aromatic rings. The molecule has 0 radical (unpaired) electrons. The summed E-state index contributed by atoms with van der Waals surface area (Å²) in [4.78, 5) is 16.0. The number of rotatable bonds is 12. The van der Waals surface area contributed by atoms with E-state index in [0.717, 1.165) is 5.56 Å². The van der Waals surface area contributed by atoms with Gasteiger partial charge in [-0.2, -0.15) is 13.2 Å². The third-order valence-corrected chi connectivity index (χ3v) is 8.28. The van der Waals surface area contributed by atoms with Crippen LogP contribution in [0.3, 0.4) is 0 Å². The summed E-state index contributed by atoms with van der Waals surface area (Å²) in [6.07, 6.45) is 1.18. The number of aliphatic hydroxyl groups excluding tert-OH is 1. The molecular weight excluding hydrogens is 611 g/mol. The quantitative estimate of drug-likeness (QED) is 0.150. The van der Waals surface area contributed by atoms with E-state index in [-0.39, 0.29) is 41.4 Å². The minimum Gasteiger partial charge on any atom is -0.477 e. The summed E-state index contributed by atoms with van der Waals surface area (Å²) in [6, 6.07) is 14.7. The molecule has 0 aliphatic rings. The van der Waals surface area contributed by atoms with Crippen LogP contribution >= 0.6 is 11.6 Å². The van der Waals surface area contributed by atoms with Gasteiger partial charge in [0.15, 0.2) is 0 Å². The number of aliphatic hydroxyl groups is 1. The number of nitrogens with zero attached hydrogens (tertiary/aromatic N) is 2. The largest absolute Gasteiger partial charge is 0.499 e. The maximum absolute atomic E-state index is 12.7. The van der Waals surface area contributed by atoms with Gasteiger partial charge in [-0.15, -0.1) is 0 Å². The molecule has 2 heterocycles. The average Bonchev–Trinajstić information content (AvgIpc) is 3.29. The lowest BCUT2D eigenvalue weighted by atomic mass is 10.0. The van der Waals surface area contributed by atoms with Gasteiger partial charge in [-0.1, -0.05) is 29.8 Å². The Labute approximate surface area is 250 Å². The van der Waals surface area contributed by atoms with Gasteiger partial charge in [-0.25, -0.2) is 18.2 Å². The maximum atomic E-state index is 12.7. The lowest BCUT2D eigenvalue weighted by Crippen LogP contribution is -2.32. The lowest BCUT2D eigenvalue weighted by Gasteiger charge is -2.18. The first-order chi connectivity index (χ1) is 20.1. The van der Waals surface area contributed by atoms with Crippen molar-refractivity contribution < 1.29 is 36.6 Å². The second-order valence-corrected chi connectivity index (χ2v) is 12.4. The van der Waals surface area contributed by atoms with Gasteiger partial charge in [0.05, 0.1) is 11.1 Å². The zero-order valence-electron chi connectivity index (χ0n) is 22.8. The molecule has 0 aliphatic carbocycles. The summed E-state index contributed by atoms with van der Waals surface area (Å²) < 4.78 is 62.4. The summed E-state index contributed by atoms with van der Waals surface area (Å²) in [5.74, 6) is -2.31. The van der Waals surface area contributed by atoms with E-state index < -0.39 is 33.3 Å². The van der Waals surface area contributed by atoms with Gasteiger partial charge >= 0.3 is 11.5 Å². The van der Waals surface area contributed by atoms with E-state index in [1.165, 1.54) is 24.4 Å².